The van der Waals surface area contributed by atoms with E-state index in [0.717, 1.165) is 0 Å². The van der Waals surface area contributed by atoms with Crippen LogP contribution in [0, 0.1) is 5.92 Å². The molecule has 0 aliphatic carbocycles. The first-order valence-corrected chi connectivity index (χ1v) is 10.1. The first-order chi connectivity index (χ1) is 15.3. The lowest BCUT2D eigenvalue weighted by Gasteiger charge is -2.26. The zero-order valence-electron chi connectivity index (χ0n) is 18.4. The summed E-state index contributed by atoms with van der Waals surface area (Å²) in [6, 6.07) is -5.64. The smallest absolute Gasteiger partial charge is 0.326 e. The molecule has 9 N–H and O–H groups in total. The molecule has 1 rings (SSSR count). The molecule has 3 amide bonds. The molecule has 1 heterocycles. The topological polar surface area (TPSA) is 237 Å². The Bertz CT molecular complexity index is 841. The Morgan fingerprint density at radius 2 is 1.61 bits per heavy atom. The van der Waals surface area contributed by atoms with Gasteiger partial charge >= 0.3 is 11.9 Å². The summed E-state index contributed by atoms with van der Waals surface area (Å²) >= 11 is 0. The number of aromatic amines is 1. The molecule has 0 aliphatic heterocycles. The number of hydrogen-bond donors (Lipinski definition) is 8. The summed E-state index contributed by atoms with van der Waals surface area (Å²) in [5.41, 5.74) is 6.38. The van der Waals surface area contributed by atoms with Crippen molar-refractivity contribution in [3.05, 3.63) is 18.2 Å². The molecule has 0 bridgehead atoms. The second-order valence-corrected chi connectivity index (χ2v) is 7.84. The van der Waals surface area contributed by atoms with Gasteiger partial charge in [-0.25, -0.2) is 9.78 Å². The monoisotopic (exact) mass is 470 g/mol. The van der Waals surface area contributed by atoms with Crippen LogP contribution in [0.1, 0.15) is 32.9 Å². The molecule has 0 aromatic carbocycles. The predicted octanol–water partition coefficient (Wildman–Crippen LogP) is -2.67. The van der Waals surface area contributed by atoms with E-state index in [0.29, 0.717) is 5.69 Å². The first kappa shape index (κ1) is 27.5. The van der Waals surface area contributed by atoms with Crippen LogP contribution in [0.5, 0.6) is 0 Å². The highest BCUT2D eigenvalue weighted by Gasteiger charge is 2.34. The van der Waals surface area contributed by atoms with Crippen LogP contribution in [0.4, 0.5) is 0 Å². The second-order valence-electron chi connectivity index (χ2n) is 7.84. The van der Waals surface area contributed by atoms with Gasteiger partial charge in [0.15, 0.2) is 0 Å². The van der Waals surface area contributed by atoms with Crippen LogP contribution in [0.3, 0.4) is 0 Å². The van der Waals surface area contributed by atoms with Gasteiger partial charge in [-0.15, -0.1) is 0 Å². The average Bonchev–Trinajstić information content (AvgIpc) is 3.20. The summed E-state index contributed by atoms with van der Waals surface area (Å²) in [5.74, 6) is -6.17. The Balaban J connectivity index is 2.91. The Morgan fingerprint density at radius 1 is 1.00 bits per heavy atom. The fourth-order valence-corrected chi connectivity index (χ4v) is 2.80. The molecule has 1 aromatic rings. The third kappa shape index (κ3) is 8.86. The minimum Gasteiger partial charge on any atom is -0.481 e. The zero-order valence-corrected chi connectivity index (χ0v) is 18.4. The summed E-state index contributed by atoms with van der Waals surface area (Å²) in [7, 11) is 0. The van der Waals surface area contributed by atoms with Crippen molar-refractivity contribution in [2.75, 3.05) is 0 Å². The number of H-pyrrole nitrogens is 1. The maximum atomic E-state index is 12.7. The van der Waals surface area contributed by atoms with Crippen molar-refractivity contribution >= 4 is 29.7 Å². The number of aliphatic hydroxyl groups excluding tert-OH is 1. The largest absolute Gasteiger partial charge is 0.481 e. The molecule has 0 fully saturated rings. The fraction of sp³-hybridized carbons (Fsp3) is 0.579. The highest BCUT2D eigenvalue weighted by Crippen LogP contribution is 2.05. The second kappa shape index (κ2) is 12.5. The number of carboxylic acid groups (broad SMARTS) is 2. The average molecular weight is 470 g/mol. The maximum Gasteiger partial charge on any atom is 0.326 e. The van der Waals surface area contributed by atoms with Crippen molar-refractivity contribution in [1.82, 2.24) is 25.9 Å². The van der Waals surface area contributed by atoms with Gasteiger partial charge in [0.2, 0.25) is 17.7 Å². The van der Waals surface area contributed by atoms with Crippen LogP contribution in [0.15, 0.2) is 12.5 Å². The van der Waals surface area contributed by atoms with E-state index in [4.69, 9.17) is 10.8 Å². The number of hydrogen-bond acceptors (Lipinski definition) is 8. The molecule has 14 heteroatoms. The fourth-order valence-electron chi connectivity index (χ4n) is 2.80. The standard InChI is InChI=1S/C19H30N6O8/c1-8(2)14(19(32)33)24-17(30)12(5-13(27)28)23-18(31)15(9(3)26)25-16(29)11(20)4-10-6-21-7-22-10/h6-9,11-12,14-15,26H,4-5,20H2,1-3H3,(H,21,22)(H,23,31)(H,24,30)(H,25,29)(H,27,28)(H,32,33). The highest BCUT2D eigenvalue weighted by molar-refractivity contribution is 5.95. The van der Waals surface area contributed by atoms with Gasteiger partial charge in [0.05, 0.1) is 24.9 Å². The molecular formula is C19H30N6O8. The van der Waals surface area contributed by atoms with Gasteiger partial charge in [-0.1, -0.05) is 13.8 Å². The van der Waals surface area contributed by atoms with Crippen LogP contribution in [-0.2, 0) is 30.4 Å². The third-order valence-electron chi connectivity index (χ3n) is 4.64. The van der Waals surface area contributed by atoms with Crippen LogP contribution in [-0.4, -0.2) is 85.2 Å². The van der Waals surface area contributed by atoms with Crippen molar-refractivity contribution < 1.29 is 39.3 Å². The van der Waals surface area contributed by atoms with Gasteiger partial charge in [-0.2, -0.15) is 0 Å². The minimum atomic E-state index is -1.66. The van der Waals surface area contributed by atoms with E-state index in [2.05, 4.69) is 25.9 Å². The zero-order chi connectivity index (χ0) is 25.3. The summed E-state index contributed by atoms with van der Waals surface area (Å²) in [4.78, 5) is 66.6. The van der Waals surface area contributed by atoms with E-state index in [-0.39, 0.29) is 6.42 Å². The van der Waals surface area contributed by atoms with Gasteiger partial charge in [0.25, 0.3) is 0 Å². The van der Waals surface area contributed by atoms with Crippen LogP contribution in [0.25, 0.3) is 0 Å². The number of nitrogens with zero attached hydrogens (tertiary/aromatic N) is 1. The SMILES string of the molecule is CC(C)C(NC(=O)C(CC(=O)O)NC(=O)C(NC(=O)C(N)Cc1cnc[nH]1)C(C)O)C(=O)O. The number of aromatic nitrogens is 2. The van der Waals surface area contributed by atoms with Gasteiger partial charge in [-0.3, -0.25) is 19.2 Å². The van der Waals surface area contributed by atoms with Gasteiger partial charge in [0, 0.05) is 18.3 Å². The molecule has 0 radical (unpaired) electrons. The van der Waals surface area contributed by atoms with Crippen molar-refractivity contribution in [3.63, 3.8) is 0 Å². The molecule has 0 saturated heterocycles. The van der Waals surface area contributed by atoms with Crippen LogP contribution in [0.2, 0.25) is 0 Å². The van der Waals surface area contributed by atoms with Crippen molar-refractivity contribution in [1.29, 1.82) is 0 Å². The molecule has 184 valence electrons. The van der Waals surface area contributed by atoms with E-state index < -0.39 is 72.3 Å². The number of aliphatic carboxylic acids is 2. The maximum absolute atomic E-state index is 12.7. The number of rotatable bonds is 13. The molecule has 0 aliphatic rings. The van der Waals surface area contributed by atoms with Gasteiger partial charge < -0.3 is 42.0 Å². The molecular weight excluding hydrogens is 440 g/mol. The Labute approximate surface area is 189 Å². The molecule has 0 saturated carbocycles. The van der Waals surface area contributed by atoms with Gasteiger partial charge in [0.1, 0.15) is 18.1 Å². The number of carboxylic acids is 2. The van der Waals surface area contributed by atoms with Crippen molar-refractivity contribution in [2.24, 2.45) is 11.7 Å². The highest BCUT2D eigenvalue weighted by atomic mass is 16.4. The number of carbonyl (C=O) groups excluding carboxylic acids is 3. The summed E-state index contributed by atoms with van der Waals surface area (Å²) in [5, 5.41) is 34.9. The van der Waals surface area contributed by atoms with E-state index in [1.165, 1.54) is 33.3 Å². The number of amides is 3. The summed E-state index contributed by atoms with van der Waals surface area (Å²) in [6.45, 7) is 4.28. The number of nitrogens with two attached hydrogens (primary N) is 1. The Hall–Kier alpha value is -3.52. The number of aliphatic hydroxyl groups is 1. The molecule has 14 nitrogen and oxygen atoms in total. The molecule has 0 spiro atoms. The molecule has 5 atom stereocenters. The number of imidazole rings is 1. The van der Waals surface area contributed by atoms with Crippen LogP contribution >= 0.6 is 0 Å². The Kier molecular flexibility index (Phi) is 10.4. The normalized spacial score (nSPS) is 15.6. The number of carbonyl (C=O) groups is 5. The van der Waals surface area contributed by atoms with E-state index >= 15 is 0 Å². The van der Waals surface area contributed by atoms with E-state index in [1.807, 2.05) is 0 Å². The Morgan fingerprint density at radius 3 is 2.06 bits per heavy atom. The summed E-state index contributed by atoms with van der Waals surface area (Å²) in [6.07, 6.45) is 0.637. The first-order valence-electron chi connectivity index (χ1n) is 10.1. The lowest BCUT2D eigenvalue weighted by molar-refractivity contribution is -0.144. The lowest BCUT2D eigenvalue weighted by atomic mass is 10.0. The molecule has 1 aromatic heterocycles. The molecule has 33 heavy (non-hydrogen) atoms. The van der Waals surface area contributed by atoms with Crippen molar-refractivity contribution in [2.45, 2.75) is 63.9 Å². The predicted molar refractivity (Wildman–Crippen MR) is 112 cm³/mol. The van der Waals surface area contributed by atoms with Crippen molar-refractivity contribution in [3.8, 4) is 0 Å². The van der Waals surface area contributed by atoms with Gasteiger partial charge in [-0.05, 0) is 12.8 Å². The third-order valence-corrected chi connectivity index (χ3v) is 4.64. The summed E-state index contributed by atoms with van der Waals surface area (Å²) < 4.78 is 0. The lowest BCUT2D eigenvalue weighted by Crippen LogP contribution is -2.60. The van der Waals surface area contributed by atoms with E-state index in [9.17, 15) is 34.2 Å². The molecule has 5 unspecified atom stereocenters. The van der Waals surface area contributed by atoms with Crippen LogP contribution < -0.4 is 21.7 Å². The minimum absolute atomic E-state index is 0.0653. The number of nitrogens with one attached hydrogen (secondary N) is 4. The van der Waals surface area contributed by atoms with E-state index in [1.54, 1.807) is 0 Å². The quantitative estimate of drug-likeness (QED) is 0.149.